The van der Waals surface area contributed by atoms with Gasteiger partial charge in [-0.3, -0.25) is 9.59 Å². The van der Waals surface area contributed by atoms with Gasteiger partial charge in [-0.05, 0) is 56.0 Å². The van der Waals surface area contributed by atoms with E-state index in [0.717, 1.165) is 34.6 Å². The average molecular weight is 454 g/mol. The molecule has 1 aliphatic rings. The van der Waals surface area contributed by atoms with Gasteiger partial charge in [0, 0.05) is 14.8 Å². The molecule has 3 rings (SSSR count). The molecule has 1 heterocycles. The second-order valence-electron chi connectivity index (χ2n) is 6.23. The quantitative estimate of drug-likeness (QED) is 0.473. The van der Waals surface area contributed by atoms with Crippen molar-refractivity contribution >= 4 is 57.5 Å². The number of carbonyl (C=O) groups excluding carboxylic acids is 3. The lowest BCUT2D eigenvalue weighted by Gasteiger charge is -2.08. The zero-order valence-electron chi connectivity index (χ0n) is 15.8. The number of nitrogens with one attached hydrogen (secondary N) is 1. The molecule has 2 aromatic rings. The van der Waals surface area contributed by atoms with Crippen LogP contribution in [0.1, 0.15) is 34.1 Å². The second-order valence-corrected chi connectivity index (χ2v) is 8.82. The number of hydrogen-bond acceptors (Lipinski definition) is 7. The Morgan fingerprint density at radius 3 is 2.66 bits per heavy atom. The topological polar surface area (TPSA) is 81.7 Å². The summed E-state index contributed by atoms with van der Waals surface area (Å²) in [6, 6.07) is 7.09. The maximum Gasteiger partial charge on any atom is 0.341 e. The van der Waals surface area contributed by atoms with Crippen LogP contribution in [-0.2, 0) is 31.9 Å². The summed E-state index contributed by atoms with van der Waals surface area (Å²) in [4.78, 5) is 38.4. The van der Waals surface area contributed by atoms with Crippen molar-refractivity contribution in [2.75, 3.05) is 24.3 Å². The van der Waals surface area contributed by atoms with Crippen LogP contribution in [0.5, 0.6) is 0 Å². The van der Waals surface area contributed by atoms with Crippen molar-refractivity contribution in [1.82, 2.24) is 0 Å². The van der Waals surface area contributed by atoms with Crippen LogP contribution in [0.4, 0.5) is 5.00 Å². The average Bonchev–Trinajstić information content (AvgIpc) is 3.26. The van der Waals surface area contributed by atoms with Gasteiger partial charge in [-0.1, -0.05) is 11.6 Å². The second kappa shape index (κ2) is 10.1. The molecule has 0 spiro atoms. The number of esters is 2. The van der Waals surface area contributed by atoms with Crippen LogP contribution < -0.4 is 5.32 Å². The van der Waals surface area contributed by atoms with E-state index >= 15 is 0 Å². The summed E-state index contributed by atoms with van der Waals surface area (Å²) in [6.45, 7) is 1.59. The van der Waals surface area contributed by atoms with E-state index in [1.54, 1.807) is 31.2 Å². The van der Waals surface area contributed by atoms with E-state index in [-0.39, 0.29) is 12.4 Å². The van der Waals surface area contributed by atoms with Gasteiger partial charge in [0.1, 0.15) is 5.00 Å². The number of thioether (sulfide) groups is 1. The maximum atomic E-state index is 12.3. The minimum Gasteiger partial charge on any atom is -0.462 e. The van der Waals surface area contributed by atoms with Gasteiger partial charge >= 0.3 is 11.9 Å². The summed E-state index contributed by atoms with van der Waals surface area (Å²) in [5, 5.41) is 3.78. The lowest BCUT2D eigenvalue weighted by molar-refractivity contribution is -0.144. The molecule has 1 aromatic heterocycles. The summed E-state index contributed by atoms with van der Waals surface area (Å²) in [7, 11) is 0. The third kappa shape index (κ3) is 5.74. The van der Waals surface area contributed by atoms with E-state index in [9.17, 15) is 14.4 Å². The molecule has 6 nitrogen and oxygen atoms in total. The smallest absolute Gasteiger partial charge is 0.341 e. The Morgan fingerprint density at radius 1 is 1.17 bits per heavy atom. The summed E-state index contributed by atoms with van der Waals surface area (Å²) in [6.07, 6.45) is 2.68. The lowest BCUT2D eigenvalue weighted by Crippen LogP contribution is -2.22. The third-order valence-corrected chi connectivity index (χ3v) is 6.63. The van der Waals surface area contributed by atoms with E-state index in [1.807, 2.05) is 0 Å². The minimum absolute atomic E-state index is 0.0796. The zero-order chi connectivity index (χ0) is 20.8. The molecular formula is C20H20ClNO5S2. The van der Waals surface area contributed by atoms with Crippen LogP contribution in [0.2, 0.25) is 5.02 Å². The summed E-state index contributed by atoms with van der Waals surface area (Å²) in [5.74, 6) is -1.34. The third-order valence-electron chi connectivity index (χ3n) is 4.19. The number of hydrogen-bond donors (Lipinski definition) is 1. The Bertz CT molecular complexity index is 910. The highest BCUT2D eigenvalue weighted by Crippen LogP contribution is 2.39. The monoisotopic (exact) mass is 453 g/mol. The number of benzene rings is 1. The molecule has 0 saturated heterocycles. The summed E-state index contributed by atoms with van der Waals surface area (Å²) < 4.78 is 10.2. The predicted octanol–water partition coefficient (Wildman–Crippen LogP) is 4.34. The van der Waals surface area contributed by atoms with Gasteiger partial charge in [0.15, 0.2) is 6.61 Å². The number of aryl methyl sites for hydroxylation is 1. The van der Waals surface area contributed by atoms with E-state index < -0.39 is 24.5 Å². The van der Waals surface area contributed by atoms with E-state index in [4.69, 9.17) is 21.1 Å². The van der Waals surface area contributed by atoms with Crippen molar-refractivity contribution in [2.45, 2.75) is 31.1 Å². The summed E-state index contributed by atoms with van der Waals surface area (Å²) in [5.41, 5.74) is 1.39. The molecule has 0 bridgehead atoms. The Morgan fingerprint density at radius 2 is 1.93 bits per heavy atom. The van der Waals surface area contributed by atoms with E-state index in [1.165, 1.54) is 23.1 Å². The van der Waals surface area contributed by atoms with Crippen LogP contribution in [0, 0.1) is 0 Å². The first-order valence-corrected chi connectivity index (χ1v) is 11.3. The minimum atomic E-state index is -0.501. The normalized spacial score (nSPS) is 12.3. The van der Waals surface area contributed by atoms with Gasteiger partial charge < -0.3 is 14.8 Å². The van der Waals surface area contributed by atoms with Gasteiger partial charge in [0.05, 0.1) is 17.9 Å². The number of halogens is 1. The first-order valence-electron chi connectivity index (χ1n) is 9.13. The van der Waals surface area contributed by atoms with Gasteiger partial charge in [-0.25, -0.2) is 4.79 Å². The number of ether oxygens (including phenoxy) is 2. The SMILES string of the molecule is CCOC(=O)c1c(NC(=O)COC(=O)CSc2ccc(Cl)cc2)sc2c1CCC2. The number of fused-ring (bicyclic) bond motifs is 1. The molecule has 1 aromatic carbocycles. The molecule has 0 aliphatic heterocycles. The van der Waals surface area contributed by atoms with Gasteiger partial charge in [0.25, 0.3) is 5.91 Å². The molecule has 0 unspecified atom stereocenters. The highest BCUT2D eigenvalue weighted by molar-refractivity contribution is 8.00. The van der Waals surface area contributed by atoms with Crippen molar-refractivity contribution in [3.05, 3.63) is 45.3 Å². The van der Waals surface area contributed by atoms with Crippen LogP contribution in [0.25, 0.3) is 0 Å². The fourth-order valence-corrected chi connectivity index (χ4v) is 5.05. The molecule has 154 valence electrons. The predicted molar refractivity (Wildman–Crippen MR) is 114 cm³/mol. The van der Waals surface area contributed by atoms with Crippen LogP contribution in [0.15, 0.2) is 29.2 Å². The maximum absolute atomic E-state index is 12.3. The van der Waals surface area contributed by atoms with Crippen LogP contribution in [0.3, 0.4) is 0 Å². The molecule has 0 radical (unpaired) electrons. The number of carbonyl (C=O) groups is 3. The van der Waals surface area contributed by atoms with Gasteiger partial charge in [-0.2, -0.15) is 0 Å². The molecule has 1 N–H and O–H groups in total. The van der Waals surface area contributed by atoms with Crippen molar-refractivity contribution in [3.8, 4) is 0 Å². The molecular weight excluding hydrogens is 434 g/mol. The molecule has 0 atom stereocenters. The molecule has 0 fully saturated rings. The highest BCUT2D eigenvalue weighted by Gasteiger charge is 2.28. The van der Waals surface area contributed by atoms with Crippen molar-refractivity contribution in [2.24, 2.45) is 0 Å². The summed E-state index contributed by atoms with van der Waals surface area (Å²) >= 11 is 8.51. The molecule has 1 amide bonds. The Hall–Kier alpha value is -2.03. The molecule has 9 heteroatoms. The van der Waals surface area contributed by atoms with E-state index in [0.29, 0.717) is 15.6 Å². The standard InChI is InChI=1S/C20H20ClNO5S2/c1-2-26-20(25)18-14-4-3-5-15(14)29-19(18)22-16(23)10-27-17(24)11-28-13-8-6-12(21)7-9-13/h6-9H,2-5,10-11H2,1H3,(H,22,23). The van der Waals surface area contributed by atoms with Gasteiger partial charge in [0.2, 0.25) is 0 Å². The Balaban J connectivity index is 1.52. The van der Waals surface area contributed by atoms with Crippen LogP contribution >= 0.6 is 34.7 Å². The lowest BCUT2D eigenvalue weighted by atomic mass is 10.1. The van der Waals surface area contributed by atoms with E-state index in [2.05, 4.69) is 5.32 Å². The number of amides is 1. The number of rotatable bonds is 8. The molecule has 1 aliphatic carbocycles. The first-order chi connectivity index (χ1) is 14.0. The highest BCUT2D eigenvalue weighted by atomic mass is 35.5. The van der Waals surface area contributed by atoms with Crippen molar-refractivity contribution < 1.29 is 23.9 Å². The Kier molecular flexibility index (Phi) is 7.57. The Labute approximate surface area is 181 Å². The molecule has 29 heavy (non-hydrogen) atoms. The van der Waals surface area contributed by atoms with Crippen LogP contribution in [-0.4, -0.2) is 36.8 Å². The fourth-order valence-electron chi connectivity index (χ4n) is 2.94. The van der Waals surface area contributed by atoms with Crippen molar-refractivity contribution in [1.29, 1.82) is 0 Å². The fraction of sp³-hybridized carbons (Fsp3) is 0.350. The number of thiophene rings is 1. The largest absolute Gasteiger partial charge is 0.462 e. The first kappa shape index (κ1) is 21.7. The van der Waals surface area contributed by atoms with Crippen molar-refractivity contribution in [3.63, 3.8) is 0 Å². The zero-order valence-corrected chi connectivity index (χ0v) is 18.2. The molecule has 0 saturated carbocycles. The number of anilines is 1. The van der Waals surface area contributed by atoms with Gasteiger partial charge in [-0.15, -0.1) is 23.1 Å².